The van der Waals surface area contributed by atoms with Crippen LogP contribution in [-0.2, 0) is 13.2 Å². The number of ether oxygens (including phenoxy) is 1. The molecule has 0 aliphatic heterocycles. The van der Waals surface area contributed by atoms with Crippen LogP contribution >= 0.6 is 11.6 Å². The average molecular weight is 308 g/mol. The Morgan fingerprint density at radius 1 is 1.19 bits per heavy atom. The topological polar surface area (TPSA) is 21.3 Å². The highest BCUT2D eigenvalue weighted by molar-refractivity contribution is 6.30. The summed E-state index contributed by atoms with van der Waals surface area (Å²) in [7, 11) is 0. The van der Waals surface area contributed by atoms with E-state index in [0.717, 1.165) is 11.1 Å². The van der Waals surface area contributed by atoms with Gasteiger partial charge >= 0.3 is 0 Å². The smallest absolute Gasteiger partial charge is 0.165 e. The van der Waals surface area contributed by atoms with Crippen LogP contribution in [0, 0.1) is 5.82 Å². The molecule has 0 aromatic heterocycles. The Labute approximate surface area is 129 Å². The molecule has 0 fully saturated rings. The molecule has 0 aliphatic rings. The summed E-state index contributed by atoms with van der Waals surface area (Å²) in [6.07, 6.45) is 0. The van der Waals surface area contributed by atoms with Crippen LogP contribution < -0.4 is 10.1 Å². The first-order valence-corrected chi connectivity index (χ1v) is 7.32. The van der Waals surface area contributed by atoms with Crippen molar-refractivity contribution >= 4 is 11.6 Å². The highest BCUT2D eigenvalue weighted by atomic mass is 35.5. The number of rotatable bonds is 6. The highest BCUT2D eigenvalue weighted by Gasteiger charge is 2.10. The molecule has 4 heteroatoms. The Hall–Kier alpha value is -1.58. The normalized spacial score (nSPS) is 10.9. The third kappa shape index (κ3) is 4.73. The molecule has 2 aromatic rings. The largest absolute Gasteiger partial charge is 0.485 e. The van der Waals surface area contributed by atoms with Crippen molar-refractivity contribution in [1.29, 1.82) is 0 Å². The van der Waals surface area contributed by atoms with Crippen molar-refractivity contribution in [1.82, 2.24) is 5.32 Å². The van der Waals surface area contributed by atoms with Gasteiger partial charge in [-0.2, -0.15) is 0 Å². The lowest BCUT2D eigenvalue weighted by Gasteiger charge is -2.14. The zero-order valence-corrected chi connectivity index (χ0v) is 13.0. The van der Waals surface area contributed by atoms with Crippen LogP contribution in [0.4, 0.5) is 4.39 Å². The van der Waals surface area contributed by atoms with Gasteiger partial charge in [0.25, 0.3) is 0 Å². The van der Waals surface area contributed by atoms with Crippen molar-refractivity contribution in [2.24, 2.45) is 0 Å². The summed E-state index contributed by atoms with van der Waals surface area (Å²) in [5.41, 5.74) is 1.72. The number of para-hydroxylation sites is 1. The van der Waals surface area contributed by atoms with Crippen LogP contribution in [0.1, 0.15) is 25.0 Å². The number of hydrogen-bond acceptors (Lipinski definition) is 2. The van der Waals surface area contributed by atoms with Crippen LogP contribution in [0.15, 0.2) is 42.5 Å². The lowest BCUT2D eigenvalue weighted by Crippen LogP contribution is -2.22. The van der Waals surface area contributed by atoms with Gasteiger partial charge in [-0.3, -0.25) is 0 Å². The summed E-state index contributed by atoms with van der Waals surface area (Å²) in [6, 6.07) is 12.7. The summed E-state index contributed by atoms with van der Waals surface area (Å²) in [4.78, 5) is 0. The Morgan fingerprint density at radius 3 is 2.67 bits per heavy atom. The van der Waals surface area contributed by atoms with Crippen LogP contribution in [-0.4, -0.2) is 6.04 Å². The molecule has 0 spiro atoms. The molecule has 112 valence electrons. The number of nitrogens with one attached hydrogen (secondary N) is 1. The van der Waals surface area contributed by atoms with E-state index in [-0.39, 0.29) is 12.4 Å². The first-order valence-electron chi connectivity index (χ1n) is 6.94. The zero-order chi connectivity index (χ0) is 15.2. The number of halogens is 2. The van der Waals surface area contributed by atoms with Crippen LogP contribution in [0.2, 0.25) is 5.02 Å². The van der Waals surface area contributed by atoms with Gasteiger partial charge in [0.2, 0.25) is 0 Å². The first kappa shape index (κ1) is 15.8. The lowest BCUT2D eigenvalue weighted by molar-refractivity contribution is 0.286. The van der Waals surface area contributed by atoms with Gasteiger partial charge in [-0.15, -0.1) is 0 Å². The van der Waals surface area contributed by atoms with E-state index in [9.17, 15) is 4.39 Å². The predicted molar refractivity (Wildman–Crippen MR) is 84.2 cm³/mol. The molecule has 2 aromatic carbocycles. The molecule has 0 heterocycles. The van der Waals surface area contributed by atoms with E-state index in [4.69, 9.17) is 16.3 Å². The van der Waals surface area contributed by atoms with E-state index in [1.165, 1.54) is 6.07 Å². The molecule has 0 saturated carbocycles. The maximum absolute atomic E-state index is 14.0. The van der Waals surface area contributed by atoms with Crippen molar-refractivity contribution in [2.75, 3.05) is 0 Å². The molecular weight excluding hydrogens is 289 g/mol. The summed E-state index contributed by atoms with van der Waals surface area (Å²) in [5.74, 6) is -0.0503. The summed E-state index contributed by atoms with van der Waals surface area (Å²) >= 11 is 5.93. The second-order valence-corrected chi connectivity index (χ2v) is 5.62. The van der Waals surface area contributed by atoms with E-state index in [2.05, 4.69) is 5.32 Å². The van der Waals surface area contributed by atoms with E-state index >= 15 is 0 Å². The van der Waals surface area contributed by atoms with Gasteiger partial charge in [0.1, 0.15) is 6.61 Å². The molecule has 0 radical (unpaired) electrons. The molecule has 21 heavy (non-hydrogen) atoms. The van der Waals surface area contributed by atoms with E-state index in [1.807, 2.05) is 38.1 Å². The SMILES string of the molecule is CC(C)NCc1cccc(F)c1OCc1cccc(Cl)c1. The quantitative estimate of drug-likeness (QED) is 0.845. The number of benzene rings is 2. The number of hydrogen-bond donors (Lipinski definition) is 1. The zero-order valence-electron chi connectivity index (χ0n) is 12.2. The first-order chi connectivity index (χ1) is 10.1. The van der Waals surface area contributed by atoms with E-state index in [0.29, 0.717) is 23.4 Å². The highest BCUT2D eigenvalue weighted by Crippen LogP contribution is 2.24. The summed E-state index contributed by atoms with van der Waals surface area (Å²) in [6.45, 7) is 4.95. The summed E-state index contributed by atoms with van der Waals surface area (Å²) < 4.78 is 19.6. The third-order valence-corrected chi connectivity index (χ3v) is 3.26. The lowest BCUT2D eigenvalue weighted by atomic mass is 10.1. The minimum Gasteiger partial charge on any atom is -0.485 e. The fraction of sp³-hybridized carbons (Fsp3) is 0.294. The standard InChI is InChI=1S/C17H19ClFNO/c1-12(2)20-10-14-6-4-8-16(19)17(14)21-11-13-5-3-7-15(18)9-13/h3-9,12,20H,10-11H2,1-2H3. The van der Waals surface area contributed by atoms with Crippen LogP contribution in [0.5, 0.6) is 5.75 Å². The Kier molecular flexibility index (Phi) is 5.59. The van der Waals surface area contributed by atoms with Gasteiger partial charge in [-0.05, 0) is 23.8 Å². The van der Waals surface area contributed by atoms with Gasteiger partial charge in [0.15, 0.2) is 11.6 Å². The molecule has 0 amide bonds. The van der Waals surface area contributed by atoms with Crippen molar-refractivity contribution in [3.8, 4) is 5.75 Å². The molecule has 1 N–H and O–H groups in total. The molecule has 2 nitrogen and oxygen atoms in total. The van der Waals surface area contributed by atoms with Crippen LogP contribution in [0.25, 0.3) is 0 Å². The van der Waals surface area contributed by atoms with Crippen molar-refractivity contribution < 1.29 is 9.13 Å². The van der Waals surface area contributed by atoms with Gasteiger partial charge < -0.3 is 10.1 Å². The molecule has 2 rings (SSSR count). The maximum atomic E-state index is 14.0. The monoisotopic (exact) mass is 307 g/mol. The molecule has 0 aliphatic carbocycles. The minimum atomic E-state index is -0.347. The maximum Gasteiger partial charge on any atom is 0.165 e. The average Bonchev–Trinajstić information content (AvgIpc) is 2.44. The Morgan fingerprint density at radius 2 is 1.95 bits per heavy atom. The predicted octanol–water partition coefficient (Wildman–Crippen LogP) is 4.56. The molecular formula is C17H19ClFNO. The van der Waals surface area contributed by atoms with Crippen molar-refractivity contribution in [2.45, 2.75) is 33.0 Å². The molecule has 0 atom stereocenters. The molecule has 0 saturated heterocycles. The van der Waals surface area contributed by atoms with E-state index < -0.39 is 0 Å². The second-order valence-electron chi connectivity index (χ2n) is 5.18. The van der Waals surface area contributed by atoms with Crippen molar-refractivity contribution in [3.63, 3.8) is 0 Å². The van der Waals surface area contributed by atoms with Gasteiger partial charge in [0, 0.05) is 23.2 Å². The van der Waals surface area contributed by atoms with E-state index in [1.54, 1.807) is 12.1 Å². The fourth-order valence-electron chi connectivity index (χ4n) is 1.95. The second kappa shape index (κ2) is 7.43. The van der Waals surface area contributed by atoms with Crippen LogP contribution in [0.3, 0.4) is 0 Å². The fourth-order valence-corrected chi connectivity index (χ4v) is 2.16. The summed E-state index contributed by atoms with van der Waals surface area (Å²) in [5, 5.41) is 3.91. The Bertz CT molecular complexity index is 601. The minimum absolute atomic E-state index is 0.288. The van der Waals surface area contributed by atoms with Gasteiger partial charge in [-0.25, -0.2) is 4.39 Å². The molecule has 0 unspecified atom stereocenters. The van der Waals surface area contributed by atoms with Gasteiger partial charge in [0.05, 0.1) is 0 Å². The van der Waals surface area contributed by atoms with Crippen molar-refractivity contribution in [3.05, 3.63) is 64.4 Å². The van der Waals surface area contributed by atoms with Gasteiger partial charge in [-0.1, -0.05) is 49.7 Å². The Balaban J connectivity index is 2.11. The molecule has 0 bridgehead atoms. The third-order valence-electron chi connectivity index (χ3n) is 3.02.